The maximum absolute atomic E-state index is 6.00. The van der Waals surface area contributed by atoms with Gasteiger partial charge in [0, 0.05) is 5.41 Å². The summed E-state index contributed by atoms with van der Waals surface area (Å²) < 4.78 is 33.6. The molecule has 0 radical (unpaired) electrons. The summed E-state index contributed by atoms with van der Waals surface area (Å²) in [5, 5.41) is 0. The van der Waals surface area contributed by atoms with Crippen molar-refractivity contribution in [1.29, 1.82) is 0 Å². The van der Waals surface area contributed by atoms with Gasteiger partial charge >= 0.3 is 0 Å². The molecule has 3 saturated heterocycles. The molecule has 3 fully saturated rings. The van der Waals surface area contributed by atoms with E-state index >= 15 is 0 Å². The zero-order valence-corrected chi connectivity index (χ0v) is 20.8. The van der Waals surface area contributed by atoms with E-state index in [4.69, 9.17) is 28.4 Å². The van der Waals surface area contributed by atoms with Gasteiger partial charge in [-0.05, 0) is 66.4 Å². The first-order valence-electron chi connectivity index (χ1n) is 12.6. The van der Waals surface area contributed by atoms with Crippen molar-refractivity contribution in [2.75, 3.05) is 39.6 Å². The Morgan fingerprint density at radius 3 is 1.47 bits per heavy atom. The molecule has 3 unspecified atom stereocenters. The van der Waals surface area contributed by atoms with Crippen molar-refractivity contribution in [3.63, 3.8) is 0 Å². The lowest BCUT2D eigenvalue weighted by Gasteiger charge is -2.32. The lowest BCUT2D eigenvalue weighted by molar-refractivity contribution is 0.261. The molecule has 36 heavy (non-hydrogen) atoms. The summed E-state index contributed by atoms with van der Waals surface area (Å²) in [6.45, 7) is 8.51. The number of benzene rings is 3. The smallest absolute Gasteiger partial charge is 0.122 e. The molecule has 0 saturated carbocycles. The molecule has 3 aromatic carbocycles. The van der Waals surface area contributed by atoms with E-state index in [1.165, 1.54) is 16.7 Å². The molecule has 3 heterocycles. The summed E-state index contributed by atoms with van der Waals surface area (Å²) in [5.74, 6) is 2.60. The van der Waals surface area contributed by atoms with E-state index in [0.29, 0.717) is 19.8 Å². The Morgan fingerprint density at radius 2 is 1.06 bits per heavy atom. The van der Waals surface area contributed by atoms with E-state index in [1.807, 2.05) is 24.3 Å². The molecule has 0 N–H and O–H groups in total. The van der Waals surface area contributed by atoms with Crippen molar-refractivity contribution in [3.05, 3.63) is 89.0 Å². The van der Waals surface area contributed by atoms with E-state index in [9.17, 15) is 0 Å². The van der Waals surface area contributed by atoms with Gasteiger partial charge in [0.15, 0.2) is 0 Å². The van der Waals surface area contributed by atoms with Crippen LogP contribution in [0.4, 0.5) is 0 Å². The highest BCUT2D eigenvalue weighted by Gasteiger charge is 2.32. The van der Waals surface area contributed by atoms with Gasteiger partial charge in [0.1, 0.15) is 55.4 Å². The highest BCUT2D eigenvalue weighted by molar-refractivity contribution is 5.53. The maximum atomic E-state index is 6.00. The van der Waals surface area contributed by atoms with Gasteiger partial charge in [0.05, 0.1) is 19.8 Å². The normalized spacial score (nSPS) is 23.4. The molecule has 3 aliphatic rings. The lowest BCUT2D eigenvalue weighted by Crippen LogP contribution is -2.25. The van der Waals surface area contributed by atoms with Crippen LogP contribution in [0.15, 0.2) is 66.7 Å². The van der Waals surface area contributed by atoms with Crippen LogP contribution in [0.1, 0.15) is 29.2 Å². The molecule has 6 nitrogen and oxygen atoms in total. The number of rotatable bonds is 12. The molecule has 0 aromatic heterocycles. The van der Waals surface area contributed by atoms with Gasteiger partial charge in [-0.3, -0.25) is 0 Å². The van der Waals surface area contributed by atoms with Gasteiger partial charge in [-0.25, -0.2) is 0 Å². The molecule has 6 rings (SSSR count). The largest absolute Gasteiger partial charge is 0.491 e. The Balaban J connectivity index is 1.29. The molecule has 6 heteroatoms. The van der Waals surface area contributed by atoms with Crippen LogP contribution >= 0.6 is 0 Å². The van der Waals surface area contributed by atoms with Gasteiger partial charge in [0.25, 0.3) is 0 Å². The first kappa shape index (κ1) is 23.3. The Bertz CT molecular complexity index is 1120. The third kappa shape index (κ3) is 5.36. The van der Waals surface area contributed by atoms with Crippen LogP contribution in [0.25, 0.3) is 0 Å². The summed E-state index contributed by atoms with van der Waals surface area (Å²) in [7, 11) is 0. The summed E-state index contributed by atoms with van der Waals surface area (Å²) in [4.78, 5) is 0. The first-order chi connectivity index (χ1) is 17.6. The van der Waals surface area contributed by atoms with Gasteiger partial charge < -0.3 is 28.4 Å². The first-order valence-corrected chi connectivity index (χ1v) is 12.6. The maximum Gasteiger partial charge on any atom is 0.122 e. The Kier molecular flexibility index (Phi) is 6.34. The summed E-state index contributed by atoms with van der Waals surface area (Å²) in [5.41, 5.74) is 4.26. The van der Waals surface area contributed by atoms with Gasteiger partial charge in [0.2, 0.25) is 0 Å². The third-order valence-corrected chi connectivity index (χ3v) is 7.12. The molecular weight excluding hydrogens is 456 g/mol. The highest BCUT2D eigenvalue weighted by atomic mass is 16.6. The topological polar surface area (TPSA) is 65.3 Å². The van der Waals surface area contributed by atoms with Crippen LogP contribution in [0.2, 0.25) is 0 Å². The molecule has 0 spiro atoms. The molecular formula is C30H32O6. The minimum atomic E-state index is -0.390. The molecule has 3 aromatic rings. The van der Waals surface area contributed by atoms with Crippen molar-refractivity contribution in [1.82, 2.24) is 0 Å². The van der Waals surface area contributed by atoms with E-state index in [0.717, 1.165) is 42.6 Å². The Morgan fingerprint density at radius 1 is 0.639 bits per heavy atom. The predicted molar refractivity (Wildman–Crippen MR) is 135 cm³/mol. The Hall–Kier alpha value is -3.06. The van der Waals surface area contributed by atoms with E-state index in [2.05, 4.69) is 56.3 Å². The van der Waals surface area contributed by atoms with E-state index in [-0.39, 0.29) is 23.7 Å². The minimum Gasteiger partial charge on any atom is -0.491 e. The van der Waals surface area contributed by atoms with Crippen molar-refractivity contribution in [3.8, 4) is 17.2 Å². The molecule has 0 bridgehead atoms. The zero-order chi connectivity index (χ0) is 24.5. The number of ether oxygens (including phenoxy) is 6. The third-order valence-electron chi connectivity index (χ3n) is 7.12. The minimum absolute atomic E-state index is 0.230. The summed E-state index contributed by atoms with van der Waals surface area (Å²) in [6.07, 6.45) is 0.698. The summed E-state index contributed by atoms with van der Waals surface area (Å²) >= 11 is 0. The number of epoxide rings is 3. The van der Waals surface area contributed by atoms with Crippen LogP contribution in [-0.2, 0) is 19.6 Å². The van der Waals surface area contributed by atoms with Crippen LogP contribution in [0.5, 0.6) is 17.2 Å². The van der Waals surface area contributed by atoms with Crippen molar-refractivity contribution in [2.45, 2.75) is 37.6 Å². The molecule has 0 amide bonds. The van der Waals surface area contributed by atoms with Crippen LogP contribution in [0, 0.1) is 6.92 Å². The second-order valence-corrected chi connectivity index (χ2v) is 9.95. The second-order valence-electron chi connectivity index (χ2n) is 9.95. The van der Waals surface area contributed by atoms with Crippen LogP contribution in [0.3, 0.4) is 0 Å². The fourth-order valence-electron chi connectivity index (χ4n) is 4.45. The van der Waals surface area contributed by atoms with Gasteiger partial charge in [-0.1, -0.05) is 36.4 Å². The zero-order valence-electron chi connectivity index (χ0n) is 20.8. The highest BCUT2D eigenvalue weighted by Crippen LogP contribution is 2.41. The molecule has 188 valence electrons. The lowest BCUT2D eigenvalue weighted by atomic mass is 9.71. The average Bonchev–Trinajstić information content (AvgIpc) is 3.76. The van der Waals surface area contributed by atoms with Gasteiger partial charge in [-0.2, -0.15) is 0 Å². The van der Waals surface area contributed by atoms with E-state index in [1.54, 1.807) is 0 Å². The van der Waals surface area contributed by atoms with E-state index < -0.39 is 0 Å². The second kappa shape index (κ2) is 9.77. The average molecular weight is 489 g/mol. The van der Waals surface area contributed by atoms with Crippen molar-refractivity contribution in [2.24, 2.45) is 0 Å². The van der Waals surface area contributed by atoms with Gasteiger partial charge in [-0.15, -0.1) is 0 Å². The fraction of sp³-hybridized carbons (Fsp3) is 0.400. The SMILES string of the molecule is Cc1cc(C(C)(c2ccc(OCC3CO3)cc2)c2ccc(OCC3CO3)cc2)ccc1OCC1CO1. The fourth-order valence-corrected chi connectivity index (χ4v) is 4.45. The molecule has 0 aliphatic carbocycles. The number of aryl methyl sites for hydroxylation is 1. The quantitative estimate of drug-likeness (QED) is 0.272. The van der Waals surface area contributed by atoms with Crippen LogP contribution < -0.4 is 14.2 Å². The molecule has 3 aliphatic heterocycles. The Labute approximate surface area is 212 Å². The van der Waals surface area contributed by atoms with Crippen molar-refractivity contribution >= 4 is 0 Å². The predicted octanol–water partition coefficient (Wildman–Crippen LogP) is 4.68. The molecule has 3 atom stereocenters. The summed E-state index contributed by atoms with van der Waals surface area (Å²) in [6, 6.07) is 23.3. The standard InChI is InChI=1S/C30H32O6/c1-20-13-23(7-12-29(20)36-19-28-18-35-28)30(2,21-3-8-24(9-4-21)31-14-26-16-33-26)22-5-10-25(11-6-22)32-15-27-17-34-27/h3-13,26-28H,14-19H2,1-2H3. The van der Waals surface area contributed by atoms with Crippen molar-refractivity contribution < 1.29 is 28.4 Å². The monoisotopic (exact) mass is 488 g/mol. The number of hydrogen-bond donors (Lipinski definition) is 0. The van der Waals surface area contributed by atoms with Crippen LogP contribution in [-0.4, -0.2) is 58.0 Å². The number of hydrogen-bond acceptors (Lipinski definition) is 6.